The highest BCUT2D eigenvalue weighted by molar-refractivity contribution is 7.90. The summed E-state index contributed by atoms with van der Waals surface area (Å²) in [5.74, 6) is 1.57. The van der Waals surface area contributed by atoms with E-state index in [0.717, 1.165) is 11.6 Å². The number of imidazole rings is 1. The van der Waals surface area contributed by atoms with E-state index in [1.165, 1.54) is 39.5 Å². The summed E-state index contributed by atoms with van der Waals surface area (Å²) >= 11 is 0. The van der Waals surface area contributed by atoms with Crippen LogP contribution in [-0.2, 0) is 19.6 Å². The zero-order chi connectivity index (χ0) is 20.6. The van der Waals surface area contributed by atoms with E-state index in [4.69, 9.17) is 14.2 Å². The fourth-order valence-electron chi connectivity index (χ4n) is 1.84. The number of benzene rings is 1. The van der Waals surface area contributed by atoms with Crippen LogP contribution in [0.2, 0.25) is 0 Å². The zero-order valence-electron chi connectivity index (χ0n) is 15.3. The van der Waals surface area contributed by atoms with Gasteiger partial charge < -0.3 is 14.2 Å². The Morgan fingerprint density at radius 2 is 1.71 bits per heavy atom. The number of fused-ring (bicyclic) bond motifs is 1. The summed E-state index contributed by atoms with van der Waals surface area (Å²) in [6.07, 6.45) is 0. The molecule has 28 heavy (non-hydrogen) atoms. The van der Waals surface area contributed by atoms with Gasteiger partial charge in [0, 0.05) is 7.11 Å². The topological polar surface area (TPSA) is 151 Å². The van der Waals surface area contributed by atoms with Crippen molar-refractivity contribution in [3.8, 4) is 23.4 Å². The minimum atomic E-state index is -4.06. The lowest BCUT2D eigenvalue weighted by atomic mass is 10.3. The van der Waals surface area contributed by atoms with E-state index in [0.29, 0.717) is 12.6 Å². The molecule has 0 fully saturated rings. The molecule has 0 saturated carbocycles. The third-order valence-corrected chi connectivity index (χ3v) is 4.42. The van der Waals surface area contributed by atoms with Gasteiger partial charge in [-0.05, 0) is 12.1 Å². The van der Waals surface area contributed by atoms with Crippen molar-refractivity contribution in [1.82, 2.24) is 25.2 Å². The SMILES string of the molecule is COCCOc1ccccc1S(=O)(=O)NC(=O)NOC.COc1nc2nc-2n1. The summed E-state index contributed by atoms with van der Waals surface area (Å²) < 4.78 is 40.7. The summed E-state index contributed by atoms with van der Waals surface area (Å²) in [7, 11) is 0.170. The van der Waals surface area contributed by atoms with Crippen LogP contribution >= 0.6 is 0 Å². The molecule has 1 aromatic carbocycles. The van der Waals surface area contributed by atoms with Gasteiger partial charge in [0.2, 0.25) is 11.6 Å². The van der Waals surface area contributed by atoms with E-state index in [2.05, 4.69) is 19.8 Å². The Morgan fingerprint density at radius 1 is 1.04 bits per heavy atom. The highest BCUT2D eigenvalue weighted by Crippen LogP contribution is 2.24. The fraction of sp³-hybridized carbons (Fsp3) is 0.333. The van der Waals surface area contributed by atoms with E-state index in [-0.39, 0.29) is 17.3 Å². The normalized spacial score (nSPS) is 11.0. The minimum Gasteiger partial charge on any atom is -0.490 e. The van der Waals surface area contributed by atoms with E-state index >= 15 is 0 Å². The maximum Gasteiger partial charge on any atom is 0.352 e. The molecule has 0 spiro atoms. The van der Waals surface area contributed by atoms with Gasteiger partial charge in [0.25, 0.3) is 10.0 Å². The smallest absolute Gasteiger partial charge is 0.352 e. The van der Waals surface area contributed by atoms with Gasteiger partial charge in [0.05, 0.1) is 20.8 Å². The van der Waals surface area contributed by atoms with Crippen LogP contribution in [0.25, 0.3) is 11.6 Å². The molecule has 0 bridgehead atoms. The second-order valence-corrected chi connectivity index (χ2v) is 6.65. The van der Waals surface area contributed by atoms with Gasteiger partial charge >= 0.3 is 12.0 Å². The average molecular weight is 413 g/mol. The number of rotatable bonds is 8. The number of hydrogen-bond acceptors (Lipinski definition) is 10. The molecular weight excluding hydrogens is 394 g/mol. The average Bonchev–Trinajstić information content (AvgIpc) is 3.28. The molecule has 152 valence electrons. The number of hydrogen-bond donors (Lipinski definition) is 2. The molecule has 2 aliphatic heterocycles. The lowest BCUT2D eigenvalue weighted by Crippen LogP contribution is -2.38. The van der Waals surface area contributed by atoms with Crippen molar-refractivity contribution in [1.29, 1.82) is 0 Å². The van der Waals surface area contributed by atoms with Crippen LogP contribution in [0.1, 0.15) is 0 Å². The van der Waals surface area contributed by atoms with Crippen LogP contribution in [0.15, 0.2) is 29.2 Å². The first-order valence-corrected chi connectivity index (χ1v) is 9.26. The van der Waals surface area contributed by atoms with Crippen molar-refractivity contribution in [2.24, 2.45) is 0 Å². The number of sulfonamides is 1. The molecule has 1 aromatic rings. The van der Waals surface area contributed by atoms with Crippen LogP contribution in [0, 0.1) is 0 Å². The van der Waals surface area contributed by atoms with Crippen molar-refractivity contribution >= 4 is 16.1 Å². The van der Waals surface area contributed by atoms with Crippen LogP contribution in [0.3, 0.4) is 0 Å². The Morgan fingerprint density at radius 3 is 2.29 bits per heavy atom. The number of para-hydroxylation sites is 1. The molecule has 3 rings (SSSR count). The number of methoxy groups -OCH3 is 2. The Hall–Kier alpha value is -3.03. The minimum absolute atomic E-state index is 0.127. The van der Waals surface area contributed by atoms with Gasteiger partial charge in [-0.25, -0.2) is 28.4 Å². The molecule has 0 aromatic heterocycles. The monoisotopic (exact) mass is 413 g/mol. The molecule has 2 aliphatic rings. The number of amides is 2. The number of aromatic nitrogens is 3. The lowest BCUT2D eigenvalue weighted by Gasteiger charge is -2.12. The second-order valence-electron chi connectivity index (χ2n) is 5.00. The number of urea groups is 1. The van der Waals surface area contributed by atoms with Gasteiger partial charge in [-0.1, -0.05) is 12.1 Å². The summed E-state index contributed by atoms with van der Waals surface area (Å²) in [4.78, 5) is 26.8. The Balaban J connectivity index is 0.000000285. The summed E-state index contributed by atoms with van der Waals surface area (Å²) in [5.41, 5.74) is 1.85. The molecule has 0 saturated heterocycles. The standard InChI is InChI=1S/C11H16N2O6S.C4H3N3O/c1-17-7-8-19-9-5-3-4-6-10(9)20(15,16)13-11(14)12-18-2;1-8-4-6-2-3(5-2)7-4/h3-6H,7-8H2,1-2H3,(H2,12,13,14);1H3. The van der Waals surface area contributed by atoms with Crippen molar-refractivity contribution < 1.29 is 32.3 Å². The van der Waals surface area contributed by atoms with Crippen molar-refractivity contribution in [3.63, 3.8) is 0 Å². The van der Waals surface area contributed by atoms with Crippen molar-refractivity contribution in [2.45, 2.75) is 4.90 Å². The first kappa shape index (κ1) is 21.3. The van der Waals surface area contributed by atoms with Gasteiger partial charge in [-0.3, -0.25) is 4.84 Å². The van der Waals surface area contributed by atoms with Gasteiger partial charge in [-0.2, -0.15) is 9.97 Å². The molecule has 2 N–H and O–H groups in total. The molecule has 12 nitrogen and oxygen atoms in total. The molecule has 2 heterocycles. The van der Waals surface area contributed by atoms with Crippen LogP contribution in [0.4, 0.5) is 4.79 Å². The molecule has 2 amide bonds. The molecular formula is C15H19N5O7S. The molecule has 13 heteroatoms. The van der Waals surface area contributed by atoms with E-state index < -0.39 is 16.1 Å². The predicted molar refractivity (Wildman–Crippen MR) is 95.0 cm³/mol. The number of nitrogens with one attached hydrogen (secondary N) is 2. The predicted octanol–water partition coefficient (Wildman–Crippen LogP) is 0.122. The van der Waals surface area contributed by atoms with Crippen molar-refractivity contribution in [2.75, 3.05) is 34.5 Å². The first-order valence-electron chi connectivity index (χ1n) is 7.78. The number of carbonyl (C=O) groups excluding carboxylic acids is 1. The summed E-state index contributed by atoms with van der Waals surface area (Å²) in [6, 6.07) is 5.37. The Labute approximate surface area is 161 Å². The third kappa shape index (κ3) is 6.00. The third-order valence-electron chi connectivity index (χ3n) is 3.05. The molecule has 0 radical (unpaired) electrons. The first-order chi connectivity index (χ1) is 13.4. The molecule has 0 atom stereocenters. The summed E-state index contributed by atoms with van der Waals surface area (Å²) in [5, 5.41) is 0. The highest BCUT2D eigenvalue weighted by atomic mass is 32.2. The van der Waals surface area contributed by atoms with Crippen LogP contribution in [0.5, 0.6) is 11.8 Å². The maximum absolute atomic E-state index is 12.0. The zero-order valence-corrected chi connectivity index (χ0v) is 16.1. The van der Waals surface area contributed by atoms with Gasteiger partial charge in [0.15, 0.2) is 0 Å². The second kappa shape index (κ2) is 9.77. The van der Waals surface area contributed by atoms with Crippen molar-refractivity contribution in [3.05, 3.63) is 24.3 Å². The fourth-order valence-corrected chi connectivity index (χ4v) is 2.88. The largest absolute Gasteiger partial charge is 0.490 e. The maximum atomic E-state index is 12.0. The van der Waals surface area contributed by atoms with Gasteiger partial charge in [-0.15, -0.1) is 0 Å². The number of nitrogens with zero attached hydrogens (tertiary/aromatic N) is 3. The summed E-state index contributed by atoms with van der Waals surface area (Å²) in [6.45, 7) is 0.499. The highest BCUT2D eigenvalue weighted by Gasteiger charge is 2.22. The quantitative estimate of drug-likeness (QED) is 0.385. The lowest BCUT2D eigenvalue weighted by molar-refractivity contribution is 0.110. The Kier molecular flexibility index (Phi) is 7.43. The number of carbonyl (C=O) groups is 1. The molecule has 0 unspecified atom stereocenters. The number of hydroxylamine groups is 1. The number of ether oxygens (including phenoxy) is 3. The van der Waals surface area contributed by atoms with Gasteiger partial charge in [0.1, 0.15) is 17.3 Å². The van der Waals surface area contributed by atoms with E-state index in [1.807, 2.05) is 5.48 Å². The van der Waals surface area contributed by atoms with Crippen LogP contribution in [-0.4, -0.2) is 63.9 Å². The van der Waals surface area contributed by atoms with E-state index in [9.17, 15) is 13.2 Å². The van der Waals surface area contributed by atoms with E-state index in [1.54, 1.807) is 10.8 Å². The van der Waals surface area contributed by atoms with Crippen LogP contribution < -0.4 is 19.7 Å². The molecule has 0 aliphatic carbocycles. The Bertz CT molecular complexity index is 902.